The molecule has 2 aromatic carbocycles. The minimum absolute atomic E-state index is 0.139. The van der Waals surface area contributed by atoms with Crippen molar-refractivity contribution in [3.63, 3.8) is 0 Å². The lowest BCUT2D eigenvalue weighted by molar-refractivity contribution is 0.620. The predicted molar refractivity (Wildman–Crippen MR) is 82.1 cm³/mol. The van der Waals surface area contributed by atoms with Gasteiger partial charge in [-0.2, -0.15) is 0 Å². The van der Waals surface area contributed by atoms with Crippen LogP contribution in [0.25, 0.3) is 0 Å². The average molecular weight is 322 g/mol. The molecule has 0 aliphatic heterocycles. The molecule has 0 aromatic heterocycles. The summed E-state index contributed by atoms with van der Waals surface area (Å²) in [4.78, 5) is 0. The van der Waals surface area contributed by atoms with Crippen LogP contribution in [0, 0.1) is 19.7 Å². The van der Waals surface area contributed by atoms with Crippen molar-refractivity contribution in [3.05, 3.63) is 63.4 Å². The summed E-state index contributed by atoms with van der Waals surface area (Å²) in [6.45, 7) is 6.11. The van der Waals surface area contributed by atoms with Gasteiger partial charge in [-0.1, -0.05) is 29.8 Å². The Kier molecular flexibility index (Phi) is 4.25. The molecule has 0 spiro atoms. The Hall–Kier alpha value is -1.35. The van der Waals surface area contributed by atoms with Crippen molar-refractivity contribution in [2.24, 2.45) is 0 Å². The molecule has 2 aromatic rings. The molecule has 0 bridgehead atoms. The van der Waals surface area contributed by atoms with Crippen LogP contribution in [0.1, 0.15) is 29.7 Å². The first kappa shape index (κ1) is 14.1. The van der Waals surface area contributed by atoms with E-state index in [1.807, 2.05) is 6.92 Å². The number of aryl methyl sites for hydroxylation is 2. The molecule has 19 heavy (non-hydrogen) atoms. The van der Waals surface area contributed by atoms with Gasteiger partial charge < -0.3 is 5.32 Å². The Morgan fingerprint density at radius 1 is 1.11 bits per heavy atom. The molecular formula is C16H17BrFN. The molecule has 0 fully saturated rings. The van der Waals surface area contributed by atoms with Gasteiger partial charge >= 0.3 is 0 Å². The summed E-state index contributed by atoms with van der Waals surface area (Å²) in [5.41, 5.74) is 4.27. The molecule has 1 N–H and O–H groups in total. The number of halogens is 2. The summed E-state index contributed by atoms with van der Waals surface area (Å²) in [5, 5.41) is 3.35. The van der Waals surface area contributed by atoms with E-state index in [0.29, 0.717) is 4.47 Å². The van der Waals surface area contributed by atoms with E-state index in [9.17, 15) is 4.39 Å². The fraction of sp³-hybridized carbons (Fsp3) is 0.250. The van der Waals surface area contributed by atoms with Crippen LogP contribution in [0.15, 0.2) is 40.9 Å². The molecule has 0 aliphatic rings. The quantitative estimate of drug-likeness (QED) is 0.800. The molecule has 0 aliphatic carbocycles. The van der Waals surface area contributed by atoms with Gasteiger partial charge in [-0.05, 0) is 60.0 Å². The predicted octanol–water partition coefficient (Wildman–Crippen LogP) is 5.38. The van der Waals surface area contributed by atoms with Crippen LogP contribution in [0.2, 0.25) is 0 Å². The van der Waals surface area contributed by atoms with Crippen LogP contribution in [0.5, 0.6) is 0 Å². The van der Waals surface area contributed by atoms with E-state index in [-0.39, 0.29) is 11.9 Å². The number of anilines is 1. The second-order valence-corrected chi connectivity index (χ2v) is 5.71. The highest BCUT2D eigenvalue weighted by molar-refractivity contribution is 9.10. The van der Waals surface area contributed by atoms with Crippen LogP contribution < -0.4 is 5.32 Å². The van der Waals surface area contributed by atoms with Crippen LogP contribution in [0.3, 0.4) is 0 Å². The lowest BCUT2D eigenvalue weighted by atomic mass is 10.1. The second-order valence-electron chi connectivity index (χ2n) is 4.86. The lowest BCUT2D eigenvalue weighted by Gasteiger charge is -2.18. The van der Waals surface area contributed by atoms with Crippen molar-refractivity contribution < 1.29 is 4.39 Å². The highest BCUT2D eigenvalue weighted by Gasteiger charge is 2.09. The van der Waals surface area contributed by atoms with Gasteiger partial charge in [0, 0.05) is 11.7 Å². The van der Waals surface area contributed by atoms with Gasteiger partial charge in [-0.3, -0.25) is 0 Å². The van der Waals surface area contributed by atoms with Gasteiger partial charge in [0.15, 0.2) is 0 Å². The summed E-state index contributed by atoms with van der Waals surface area (Å²) >= 11 is 3.20. The summed E-state index contributed by atoms with van der Waals surface area (Å²) in [6.07, 6.45) is 0. The van der Waals surface area contributed by atoms with Crippen LogP contribution in [-0.2, 0) is 0 Å². The number of benzene rings is 2. The largest absolute Gasteiger partial charge is 0.378 e. The zero-order valence-corrected chi connectivity index (χ0v) is 12.9. The number of hydrogen-bond donors (Lipinski definition) is 1. The second kappa shape index (κ2) is 5.74. The highest BCUT2D eigenvalue weighted by atomic mass is 79.9. The van der Waals surface area contributed by atoms with Crippen molar-refractivity contribution in [2.45, 2.75) is 26.8 Å². The summed E-state index contributed by atoms with van der Waals surface area (Å²) in [6, 6.07) is 11.8. The molecule has 2 rings (SSSR count). The fourth-order valence-electron chi connectivity index (χ4n) is 1.97. The summed E-state index contributed by atoms with van der Waals surface area (Å²) in [5.74, 6) is -0.246. The van der Waals surface area contributed by atoms with E-state index in [1.54, 1.807) is 6.07 Å². The maximum Gasteiger partial charge on any atom is 0.139 e. The summed E-state index contributed by atoms with van der Waals surface area (Å²) < 4.78 is 14.1. The van der Waals surface area contributed by atoms with Crippen molar-refractivity contribution in [1.82, 2.24) is 0 Å². The minimum atomic E-state index is -0.246. The van der Waals surface area contributed by atoms with Gasteiger partial charge in [-0.25, -0.2) is 4.39 Å². The summed E-state index contributed by atoms with van der Waals surface area (Å²) in [7, 11) is 0. The van der Waals surface area contributed by atoms with E-state index in [0.717, 1.165) is 11.3 Å². The Balaban J connectivity index is 2.21. The highest BCUT2D eigenvalue weighted by Crippen LogP contribution is 2.27. The van der Waals surface area contributed by atoms with Gasteiger partial charge in [-0.15, -0.1) is 0 Å². The molecule has 1 unspecified atom stereocenters. The molecular weight excluding hydrogens is 305 g/mol. The Morgan fingerprint density at radius 3 is 2.37 bits per heavy atom. The monoisotopic (exact) mass is 321 g/mol. The first-order valence-corrected chi connectivity index (χ1v) is 7.05. The lowest BCUT2D eigenvalue weighted by Crippen LogP contribution is -2.08. The SMILES string of the molecule is Cc1ccc(C(C)Nc2cc(F)c(Br)cc2C)cc1. The third-order valence-electron chi connectivity index (χ3n) is 3.22. The van der Waals surface area contributed by atoms with Gasteiger partial charge in [0.1, 0.15) is 5.82 Å². The third kappa shape index (κ3) is 3.35. The molecule has 0 amide bonds. The average Bonchev–Trinajstić information content (AvgIpc) is 2.36. The van der Waals surface area contributed by atoms with Gasteiger partial charge in [0.05, 0.1) is 4.47 Å². The molecule has 0 saturated heterocycles. The molecule has 1 atom stereocenters. The maximum atomic E-state index is 13.6. The Morgan fingerprint density at radius 2 is 1.74 bits per heavy atom. The van der Waals surface area contributed by atoms with Crippen molar-refractivity contribution in [1.29, 1.82) is 0 Å². The van der Waals surface area contributed by atoms with E-state index in [4.69, 9.17) is 0 Å². The van der Waals surface area contributed by atoms with Gasteiger partial charge in [0.2, 0.25) is 0 Å². The van der Waals surface area contributed by atoms with E-state index in [1.165, 1.54) is 17.2 Å². The molecule has 100 valence electrons. The molecule has 3 heteroatoms. The Bertz CT molecular complexity index is 578. The van der Waals surface area contributed by atoms with Crippen molar-refractivity contribution in [2.75, 3.05) is 5.32 Å². The van der Waals surface area contributed by atoms with Crippen LogP contribution in [-0.4, -0.2) is 0 Å². The van der Waals surface area contributed by atoms with Crippen molar-refractivity contribution in [3.8, 4) is 0 Å². The zero-order valence-electron chi connectivity index (χ0n) is 11.3. The van der Waals surface area contributed by atoms with E-state index >= 15 is 0 Å². The van der Waals surface area contributed by atoms with Gasteiger partial charge in [0.25, 0.3) is 0 Å². The number of nitrogens with one attached hydrogen (secondary N) is 1. The molecule has 0 radical (unpaired) electrons. The number of hydrogen-bond acceptors (Lipinski definition) is 1. The topological polar surface area (TPSA) is 12.0 Å². The smallest absolute Gasteiger partial charge is 0.139 e. The number of rotatable bonds is 3. The first-order chi connectivity index (χ1) is 8.97. The van der Waals surface area contributed by atoms with Crippen LogP contribution >= 0.6 is 15.9 Å². The first-order valence-electron chi connectivity index (χ1n) is 6.26. The van der Waals surface area contributed by atoms with E-state index in [2.05, 4.69) is 59.4 Å². The third-order valence-corrected chi connectivity index (χ3v) is 3.82. The standard InChI is InChI=1S/C16H17BrFN/c1-10-4-6-13(7-5-10)12(3)19-16-9-15(18)14(17)8-11(16)2/h4-9,12,19H,1-3H3. The molecule has 0 heterocycles. The van der Waals surface area contributed by atoms with E-state index < -0.39 is 0 Å². The fourth-order valence-corrected chi connectivity index (χ4v) is 2.43. The normalized spacial score (nSPS) is 12.3. The molecule has 0 saturated carbocycles. The minimum Gasteiger partial charge on any atom is -0.378 e. The molecule has 1 nitrogen and oxygen atoms in total. The Labute approximate surface area is 122 Å². The van der Waals surface area contributed by atoms with Crippen molar-refractivity contribution >= 4 is 21.6 Å². The maximum absolute atomic E-state index is 13.6. The van der Waals surface area contributed by atoms with Crippen LogP contribution in [0.4, 0.5) is 10.1 Å². The zero-order chi connectivity index (χ0) is 14.0.